The molecule has 1 aromatic carbocycles. The molecule has 1 aliphatic heterocycles. The smallest absolute Gasteiger partial charge is 0.270 e. The van der Waals surface area contributed by atoms with Gasteiger partial charge in [-0.3, -0.25) is 10.1 Å². The van der Waals surface area contributed by atoms with Crippen molar-refractivity contribution >= 4 is 21.6 Å². The fourth-order valence-corrected chi connectivity index (χ4v) is 2.25. The van der Waals surface area contributed by atoms with Crippen molar-refractivity contribution in [3.05, 3.63) is 38.3 Å². The van der Waals surface area contributed by atoms with E-state index >= 15 is 0 Å². The predicted molar refractivity (Wildman–Crippen MR) is 66.9 cm³/mol. The minimum absolute atomic E-state index is 0.102. The number of nitrogens with zero attached hydrogens (tertiary/aromatic N) is 1. The number of nitrogens with one attached hydrogen (secondary N) is 1. The normalized spacial score (nSPS) is 19.5. The second-order valence-corrected chi connectivity index (χ2v) is 4.83. The first kappa shape index (κ1) is 12.5. The van der Waals surface area contributed by atoms with Crippen LogP contribution in [-0.4, -0.2) is 24.2 Å². The van der Waals surface area contributed by atoms with Crippen LogP contribution < -0.4 is 5.32 Å². The highest BCUT2D eigenvalue weighted by molar-refractivity contribution is 9.10. The van der Waals surface area contributed by atoms with Gasteiger partial charge in [0.1, 0.15) is 0 Å². The third-order valence-corrected chi connectivity index (χ3v) is 3.50. The summed E-state index contributed by atoms with van der Waals surface area (Å²) in [5, 5.41) is 13.9. The molecule has 1 heterocycles. The molecule has 0 spiro atoms. The summed E-state index contributed by atoms with van der Waals surface area (Å²) in [5.74, 6) is 0. The lowest BCUT2D eigenvalue weighted by molar-refractivity contribution is -0.384. The molecular weight excluding hydrogens is 288 g/mol. The Hall–Kier alpha value is -0.980. The van der Waals surface area contributed by atoms with E-state index in [4.69, 9.17) is 4.74 Å². The number of rotatable bonds is 4. The molecule has 92 valence electrons. The van der Waals surface area contributed by atoms with E-state index in [-0.39, 0.29) is 5.69 Å². The molecule has 0 amide bonds. The molecule has 1 aliphatic rings. The maximum atomic E-state index is 10.6. The average molecular weight is 301 g/mol. The van der Waals surface area contributed by atoms with Gasteiger partial charge < -0.3 is 10.1 Å². The first-order chi connectivity index (χ1) is 8.16. The van der Waals surface area contributed by atoms with E-state index in [0.29, 0.717) is 12.6 Å². The fraction of sp³-hybridized carbons (Fsp3) is 0.455. The SMILES string of the molecule is O=[N+]([O-])c1ccc(CNC2CCOC2)c(Br)c1. The van der Waals surface area contributed by atoms with Crippen LogP contribution in [0.1, 0.15) is 12.0 Å². The lowest BCUT2D eigenvalue weighted by Crippen LogP contribution is -2.28. The molecule has 1 aromatic rings. The van der Waals surface area contributed by atoms with E-state index in [9.17, 15) is 10.1 Å². The van der Waals surface area contributed by atoms with Crippen molar-refractivity contribution in [1.29, 1.82) is 0 Å². The van der Waals surface area contributed by atoms with Crippen LogP contribution in [0.25, 0.3) is 0 Å². The second kappa shape index (κ2) is 5.57. The number of hydrogen-bond acceptors (Lipinski definition) is 4. The van der Waals surface area contributed by atoms with Gasteiger partial charge in [0.2, 0.25) is 0 Å². The largest absolute Gasteiger partial charge is 0.380 e. The number of non-ortho nitro benzene ring substituents is 1. The fourth-order valence-electron chi connectivity index (χ4n) is 1.74. The summed E-state index contributed by atoms with van der Waals surface area (Å²) in [6.07, 6.45) is 1.02. The Morgan fingerprint density at radius 1 is 1.59 bits per heavy atom. The Morgan fingerprint density at radius 2 is 2.41 bits per heavy atom. The molecule has 1 unspecified atom stereocenters. The van der Waals surface area contributed by atoms with Crippen LogP contribution in [0, 0.1) is 10.1 Å². The maximum absolute atomic E-state index is 10.6. The summed E-state index contributed by atoms with van der Waals surface area (Å²) in [7, 11) is 0. The Kier molecular flexibility index (Phi) is 4.09. The molecule has 0 radical (unpaired) electrons. The standard InChI is InChI=1S/C11H13BrN2O3/c12-11-5-10(14(15)16)2-1-8(11)6-13-9-3-4-17-7-9/h1-2,5,9,13H,3-4,6-7H2. The van der Waals surface area contributed by atoms with E-state index in [1.54, 1.807) is 6.07 Å². The van der Waals surface area contributed by atoms with Gasteiger partial charge in [-0.05, 0) is 18.1 Å². The summed E-state index contributed by atoms with van der Waals surface area (Å²) in [6.45, 7) is 2.23. The first-order valence-corrected chi connectivity index (χ1v) is 6.20. The van der Waals surface area contributed by atoms with E-state index in [1.807, 2.05) is 0 Å². The van der Waals surface area contributed by atoms with Crippen molar-refractivity contribution in [2.75, 3.05) is 13.2 Å². The monoisotopic (exact) mass is 300 g/mol. The van der Waals surface area contributed by atoms with E-state index in [0.717, 1.165) is 29.7 Å². The lowest BCUT2D eigenvalue weighted by atomic mass is 10.2. The zero-order valence-electron chi connectivity index (χ0n) is 9.19. The Balaban J connectivity index is 1.98. The highest BCUT2D eigenvalue weighted by atomic mass is 79.9. The van der Waals surface area contributed by atoms with Crippen molar-refractivity contribution < 1.29 is 9.66 Å². The van der Waals surface area contributed by atoms with E-state index in [2.05, 4.69) is 21.2 Å². The number of hydrogen-bond donors (Lipinski definition) is 1. The van der Waals surface area contributed by atoms with Crippen molar-refractivity contribution in [2.24, 2.45) is 0 Å². The summed E-state index contributed by atoms with van der Waals surface area (Å²) in [5.41, 5.74) is 1.12. The summed E-state index contributed by atoms with van der Waals surface area (Å²) < 4.78 is 6.02. The minimum atomic E-state index is -0.396. The zero-order valence-corrected chi connectivity index (χ0v) is 10.8. The molecule has 1 atom stereocenters. The molecule has 6 heteroatoms. The van der Waals surface area contributed by atoms with Gasteiger partial charge in [-0.25, -0.2) is 0 Å². The third kappa shape index (κ3) is 3.24. The van der Waals surface area contributed by atoms with Gasteiger partial charge in [0, 0.05) is 35.8 Å². The van der Waals surface area contributed by atoms with Gasteiger partial charge in [0.25, 0.3) is 5.69 Å². The number of nitro benzene ring substituents is 1. The molecule has 2 rings (SSSR count). The highest BCUT2D eigenvalue weighted by Crippen LogP contribution is 2.23. The Labute approximate surface area is 107 Å². The number of ether oxygens (including phenoxy) is 1. The van der Waals surface area contributed by atoms with Crippen molar-refractivity contribution in [3.8, 4) is 0 Å². The first-order valence-electron chi connectivity index (χ1n) is 5.41. The molecular formula is C11H13BrN2O3. The van der Waals surface area contributed by atoms with Gasteiger partial charge in [-0.15, -0.1) is 0 Å². The van der Waals surface area contributed by atoms with Crippen LogP contribution in [0.4, 0.5) is 5.69 Å². The van der Waals surface area contributed by atoms with Crippen LogP contribution in [0.3, 0.4) is 0 Å². The number of halogens is 1. The van der Waals surface area contributed by atoms with Crippen molar-refractivity contribution in [1.82, 2.24) is 5.32 Å². The molecule has 5 nitrogen and oxygen atoms in total. The van der Waals surface area contributed by atoms with E-state index in [1.165, 1.54) is 12.1 Å². The van der Waals surface area contributed by atoms with Gasteiger partial charge in [0.15, 0.2) is 0 Å². The van der Waals surface area contributed by atoms with Crippen molar-refractivity contribution in [2.45, 2.75) is 19.0 Å². The summed E-state index contributed by atoms with van der Waals surface area (Å²) in [6, 6.07) is 5.21. The van der Waals surface area contributed by atoms with Gasteiger partial charge in [-0.1, -0.05) is 15.9 Å². The van der Waals surface area contributed by atoms with Crippen LogP contribution in [-0.2, 0) is 11.3 Å². The van der Waals surface area contributed by atoms with Crippen LogP contribution in [0.5, 0.6) is 0 Å². The maximum Gasteiger partial charge on any atom is 0.270 e. The van der Waals surface area contributed by atoms with Gasteiger partial charge >= 0.3 is 0 Å². The Bertz CT molecular complexity index is 419. The molecule has 1 saturated heterocycles. The molecule has 1 fully saturated rings. The van der Waals surface area contributed by atoms with Gasteiger partial charge in [0.05, 0.1) is 11.5 Å². The molecule has 1 N–H and O–H groups in total. The molecule has 0 aliphatic carbocycles. The predicted octanol–water partition coefficient (Wildman–Crippen LogP) is 2.24. The molecule has 0 bridgehead atoms. The zero-order chi connectivity index (χ0) is 12.3. The number of benzene rings is 1. The second-order valence-electron chi connectivity index (χ2n) is 3.97. The summed E-state index contributed by atoms with van der Waals surface area (Å²) in [4.78, 5) is 10.2. The van der Waals surface area contributed by atoms with Crippen LogP contribution in [0.15, 0.2) is 22.7 Å². The number of nitro groups is 1. The third-order valence-electron chi connectivity index (χ3n) is 2.76. The molecule has 0 aromatic heterocycles. The average Bonchev–Trinajstić information content (AvgIpc) is 2.80. The molecule has 17 heavy (non-hydrogen) atoms. The topological polar surface area (TPSA) is 64.4 Å². The van der Waals surface area contributed by atoms with Crippen LogP contribution >= 0.6 is 15.9 Å². The Morgan fingerprint density at radius 3 is 3.00 bits per heavy atom. The highest BCUT2D eigenvalue weighted by Gasteiger charge is 2.15. The molecule has 0 saturated carbocycles. The van der Waals surface area contributed by atoms with Crippen LogP contribution in [0.2, 0.25) is 0 Å². The van der Waals surface area contributed by atoms with Crippen molar-refractivity contribution in [3.63, 3.8) is 0 Å². The quantitative estimate of drug-likeness (QED) is 0.684. The van der Waals surface area contributed by atoms with E-state index < -0.39 is 4.92 Å². The van der Waals surface area contributed by atoms with Gasteiger partial charge in [-0.2, -0.15) is 0 Å². The summed E-state index contributed by atoms with van der Waals surface area (Å²) >= 11 is 3.35. The lowest BCUT2D eigenvalue weighted by Gasteiger charge is -2.11. The minimum Gasteiger partial charge on any atom is -0.380 e.